The Morgan fingerprint density at radius 1 is 1.43 bits per heavy atom. The number of piperazine rings is 1. The van der Waals surface area contributed by atoms with E-state index in [-0.39, 0.29) is 19.6 Å². The van der Waals surface area contributed by atoms with Gasteiger partial charge in [0.2, 0.25) is 0 Å². The molecular formula is C11H13N3O6S. The van der Waals surface area contributed by atoms with Crippen molar-refractivity contribution in [3.8, 4) is 0 Å². The van der Waals surface area contributed by atoms with Crippen LogP contribution < -0.4 is 5.32 Å². The van der Waals surface area contributed by atoms with Crippen molar-refractivity contribution < 1.29 is 23.2 Å². The van der Waals surface area contributed by atoms with Crippen molar-refractivity contribution in [2.75, 3.05) is 19.6 Å². The van der Waals surface area contributed by atoms with Crippen LogP contribution in [0.4, 0.5) is 5.69 Å². The first kappa shape index (κ1) is 15.4. The number of nitro benzene ring substituents is 1. The first-order valence-corrected chi connectivity index (χ1v) is 7.48. The molecule has 0 radical (unpaired) electrons. The van der Waals surface area contributed by atoms with Gasteiger partial charge in [0, 0.05) is 25.7 Å². The molecule has 1 aromatic carbocycles. The van der Waals surface area contributed by atoms with Crippen molar-refractivity contribution in [2.45, 2.75) is 10.9 Å². The van der Waals surface area contributed by atoms with E-state index in [0.29, 0.717) is 0 Å². The van der Waals surface area contributed by atoms with E-state index in [4.69, 9.17) is 5.11 Å². The third-order valence-electron chi connectivity index (χ3n) is 3.13. The number of hydrogen-bond acceptors (Lipinski definition) is 6. The summed E-state index contributed by atoms with van der Waals surface area (Å²) in [5.41, 5.74) is -0.569. The van der Waals surface area contributed by atoms with Gasteiger partial charge in [-0.05, 0) is 6.07 Å². The number of hydrogen-bond donors (Lipinski definition) is 2. The predicted octanol–water partition coefficient (Wildman–Crippen LogP) is -0.358. The summed E-state index contributed by atoms with van der Waals surface area (Å²) in [4.78, 5) is 20.8. The average Bonchev–Trinajstić information content (AvgIpc) is 2.47. The van der Waals surface area contributed by atoms with Crippen molar-refractivity contribution in [2.24, 2.45) is 0 Å². The van der Waals surface area contributed by atoms with Crippen LogP contribution in [0, 0.1) is 10.1 Å². The standard InChI is InChI=1S/C11H13N3O6S/c15-11(16)9-7-12-5-6-13(9)21(19,20)10-4-2-1-3-8(10)14(17)18/h1-4,9,12H,5-7H2,(H,15,16). The number of para-hydroxylation sites is 1. The van der Waals surface area contributed by atoms with Crippen molar-refractivity contribution in [3.63, 3.8) is 0 Å². The average molecular weight is 315 g/mol. The molecule has 1 unspecified atom stereocenters. The smallest absolute Gasteiger partial charge is 0.323 e. The summed E-state index contributed by atoms with van der Waals surface area (Å²) in [7, 11) is -4.26. The van der Waals surface area contributed by atoms with E-state index >= 15 is 0 Å². The number of nitro groups is 1. The monoisotopic (exact) mass is 315 g/mol. The molecule has 0 aliphatic carbocycles. The van der Waals surface area contributed by atoms with Gasteiger partial charge in [-0.1, -0.05) is 12.1 Å². The van der Waals surface area contributed by atoms with Crippen molar-refractivity contribution in [1.29, 1.82) is 0 Å². The Balaban J connectivity index is 2.51. The second kappa shape index (κ2) is 5.76. The van der Waals surface area contributed by atoms with E-state index in [2.05, 4.69) is 5.32 Å². The van der Waals surface area contributed by atoms with E-state index in [9.17, 15) is 23.3 Å². The van der Waals surface area contributed by atoms with Crippen LogP contribution in [-0.4, -0.2) is 54.4 Å². The SMILES string of the molecule is O=C(O)C1CNCCN1S(=O)(=O)c1ccccc1[N+](=O)[O-]. The molecule has 1 aliphatic heterocycles. The van der Waals surface area contributed by atoms with Crippen LogP contribution in [0.25, 0.3) is 0 Å². The maximum atomic E-state index is 12.6. The van der Waals surface area contributed by atoms with Gasteiger partial charge in [-0.2, -0.15) is 4.31 Å². The molecule has 9 nitrogen and oxygen atoms in total. The third kappa shape index (κ3) is 2.86. The summed E-state index contributed by atoms with van der Waals surface area (Å²) < 4.78 is 25.9. The molecule has 0 bridgehead atoms. The Hall–Kier alpha value is -2.04. The van der Waals surface area contributed by atoms with Gasteiger partial charge in [0.15, 0.2) is 4.90 Å². The number of nitrogens with one attached hydrogen (secondary N) is 1. The number of nitrogens with zero attached hydrogens (tertiary/aromatic N) is 2. The lowest BCUT2D eigenvalue weighted by Gasteiger charge is -2.32. The highest BCUT2D eigenvalue weighted by Gasteiger charge is 2.40. The minimum Gasteiger partial charge on any atom is -0.480 e. The molecule has 1 fully saturated rings. The lowest BCUT2D eigenvalue weighted by atomic mass is 10.2. The second-order valence-corrected chi connectivity index (χ2v) is 6.26. The molecule has 21 heavy (non-hydrogen) atoms. The Morgan fingerprint density at radius 2 is 2.10 bits per heavy atom. The second-order valence-electron chi connectivity index (χ2n) is 4.40. The number of rotatable bonds is 4. The fourth-order valence-electron chi connectivity index (χ4n) is 2.14. The zero-order chi connectivity index (χ0) is 15.6. The van der Waals surface area contributed by atoms with Crippen LogP contribution in [0.3, 0.4) is 0 Å². The number of aliphatic carboxylic acids is 1. The number of carboxylic acid groups (broad SMARTS) is 1. The first-order valence-electron chi connectivity index (χ1n) is 6.04. The summed E-state index contributed by atoms with van der Waals surface area (Å²) in [5.74, 6) is -1.30. The largest absolute Gasteiger partial charge is 0.480 e. The topological polar surface area (TPSA) is 130 Å². The minimum atomic E-state index is -4.26. The van der Waals surface area contributed by atoms with Gasteiger partial charge in [-0.15, -0.1) is 0 Å². The Kier molecular flexibility index (Phi) is 4.21. The number of carboxylic acids is 1. The zero-order valence-electron chi connectivity index (χ0n) is 10.8. The highest BCUT2D eigenvalue weighted by atomic mass is 32.2. The summed E-state index contributed by atoms with van der Waals surface area (Å²) in [5, 5.41) is 22.9. The fraction of sp³-hybridized carbons (Fsp3) is 0.364. The molecule has 0 amide bonds. The highest BCUT2D eigenvalue weighted by molar-refractivity contribution is 7.89. The number of benzene rings is 1. The molecular weight excluding hydrogens is 302 g/mol. The van der Waals surface area contributed by atoms with Gasteiger partial charge in [0.25, 0.3) is 15.7 Å². The van der Waals surface area contributed by atoms with Crippen LogP contribution in [0.5, 0.6) is 0 Å². The Morgan fingerprint density at radius 3 is 2.71 bits per heavy atom. The Labute approximate surface area is 120 Å². The molecule has 1 aliphatic rings. The molecule has 0 spiro atoms. The number of carbonyl (C=O) groups is 1. The maximum absolute atomic E-state index is 12.6. The fourth-order valence-corrected chi connectivity index (χ4v) is 3.88. The first-order chi connectivity index (χ1) is 9.85. The normalized spacial score (nSPS) is 20.1. The van der Waals surface area contributed by atoms with E-state index in [1.807, 2.05) is 0 Å². The quantitative estimate of drug-likeness (QED) is 0.573. The van der Waals surface area contributed by atoms with Gasteiger partial charge in [-0.3, -0.25) is 14.9 Å². The van der Waals surface area contributed by atoms with Crippen LogP contribution >= 0.6 is 0 Å². The number of sulfonamides is 1. The Bertz CT molecular complexity index is 674. The minimum absolute atomic E-state index is 0.0464. The molecule has 0 aromatic heterocycles. The summed E-state index contributed by atoms with van der Waals surface area (Å²) in [6, 6.07) is 3.60. The summed E-state index contributed by atoms with van der Waals surface area (Å²) in [6.07, 6.45) is 0. The predicted molar refractivity (Wildman–Crippen MR) is 71.3 cm³/mol. The van der Waals surface area contributed by atoms with Crippen LogP contribution in [0.1, 0.15) is 0 Å². The van der Waals surface area contributed by atoms with Gasteiger partial charge in [-0.25, -0.2) is 8.42 Å². The van der Waals surface area contributed by atoms with E-state index in [0.717, 1.165) is 16.4 Å². The van der Waals surface area contributed by atoms with Gasteiger partial charge in [0.1, 0.15) is 6.04 Å². The molecule has 114 valence electrons. The molecule has 1 atom stereocenters. The van der Waals surface area contributed by atoms with E-state index < -0.39 is 37.5 Å². The van der Waals surface area contributed by atoms with Gasteiger partial charge < -0.3 is 10.4 Å². The van der Waals surface area contributed by atoms with Crippen molar-refractivity contribution in [1.82, 2.24) is 9.62 Å². The summed E-state index contributed by atoms with van der Waals surface area (Å²) >= 11 is 0. The van der Waals surface area contributed by atoms with Crippen LogP contribution in [0.15, 0.2) is 29.2 Å². The van der Waals surface area contributed by atoms with E-state index in [1.165, 1.54) is 12.1 Å². The van der Waals surface area contributed by atoms with Crippen molar-refractivity contribution in [3.05, 3.63) is 34.4 Å². The van der Waals surface area contributed by atoms with Crippen LogP contribution in [-0.2, 0) is 14.8 Å². The molecule has 0 saturated carbocycles. The third-order valence-corrected chi connectivity index (χ3v) is 5.08. The highest BCUT2D eigenvalue weighted by Crippen LogP contribution is 2.27. The van der Waals surface area contributed by atoms with Gasteiger partial charge in [0.05, 0.1) is 4.92 Å². The molecule has 1 heterocycles. The lowest BCUT2D eigenvalue weighted by molar-refractivity contribution is -0.387. The lowest BCUT2D eigenvalue weighted by Crippen LogP contribution is -2.56. The molecule has 2 rings (SSSR count). The molecule has 2 N–H and O–H groups in total. The van der Waals surface area contributed by atoms with Crippen LogP contribution in [0.2, 0.25) is 0 Å². The zero-order valence-corrected chi connectivity index (χ0v) is 11.6. The van der Waals surface area contributed by atoms with E-state index in [1.54, 1.807) is 0 Å². The van der Waals surface area contributed by atoms with Crippen molar-refractivity contribution >= 4 is 21.7 Å². The van der Waals surface area contributed by atoms with Gasteiger partial charge >= 0.3 is 5.97 Å². The maximum Gasteiger partial charge on any atom is 0.323 e. The molecule has 1 aromatic rings. The molecule has 10 heteroatoms. The summed E-state index contributed by atoms with van der Waals surface area (Å²) in [6.45, 7) is 0.171. The molecule has 1 saturated heterocycles.